The molecule has 0 fully saturated rings. The molecule has 7 heteroatoms. The first kappa shape index (κ1) is 9.79. The molecular formula is C3H10N2O4S. The fourth-order valence-electron chi connectivity index (χ4n) is 0.338. The van der Waals surface area contributed by atoms with E-state index in [0.29, 0.717) is 13.0 Å². The first-order valence-corrected chi connectivity index (χ1v) is 3.98. The van der Waals surface area contributed by atoms with Crippen LogP contribution in [0.1, 0.15) is 6.42 Å². The van der Waals surface area contributed by atoms with Crippen LogP contribution in [0.5, 0.6) is 0 Å². The van der Waals surface area contributed by atoms with E-state index in [1.807, 2.05) is 0 Å². The van der Waals surface area contributed by atoms with Gasteiger partial charge >= 0.3 is 10.4 Å². The van der Waals surface area contributed by atoms with Gasteiger partial charge in [0.25, 0.3) is 0 Å². The second kappa shape index (κ2) is 4.58. The van der Waals surface area contributed by atoms with Crippen molar-refractivity contribution in [2.45, 2.75) is 6.42 Å². The molecule has 0 bridgehead atoms. The Morgan fingerprint density at radius 3 is 2.60 bits per heavy atom. The highest BCUT2D eigenvalue weighted by molar-refractivity contribution is 7.80. The molecule has 0 aliphatic carbocycles. The first-order chi connectivity index (χ1) is 4.56. The smallest absolute Gasteiger partial charge is 0.271 e. The van der Waals surface area contributed by atoms with Crippen molar-refractivity contribution in [1.29, 1.82) is 0 Å². The minimum absolute atomic E-state index is 0.0664. The highest BCUT2D eigenvalue weighted by atomic mass is 32.3. The Hall–Kier alpha value is -0.210. The summed E-state index contributed by atoms with van der Waals surface area (Å²) in [6.45, 7) is 0.374. The lowest BCUT2D eigenvalue weighted by atomic mass is 10.5. The van der Waals surface area contributed by atoms with Crippen LogP contribution in [0.3, 0.4) is 0 Å². The molecule has 0 aromatic heterocycles. The van der Waals surface area contributed by atoms with Crippen LogP contribution in [0.2, 0.25) is 0 Å². The zero-order valence-electron chi connectivity index (χ0n) is 5.28. The number of hydrazine groups is 1. The van der Waals surface area contributed by atoms with Crippen molar-refractivity contribution in [2.24, 2.45) is 5.84 Å². The molecule has 0 saturated heterocycles. The molecule has 6 nitrogen and oxygen atoms in total. The van der Waals surface area contributed by atoms with Gasteiger partial charge in [0.1, 0.15) is 0 Å². The van der Waals surface area contributed by atoms with E-state index in [0.717, 1.165) is 0 Å². The van der Waals surface area contributed by atoms with E-state index in [9.17, 15) is 8.42 Å². The molecule has 0 spiro atoms. The van der Waals surface area contributed by atoms with E-state index in [1.165, 1.54) is 0 Å². The Kier molecular flexibility index (Phi) is 4.49. The van der Waals surface area contributed by atoms with Crippen molar-refractivity contribution < 1.29 is 17.2 Å². The fraction of sp³-hybridized carbons (Fsp3) is 1.00. The summed E-state index contributed by atoms with van der Waals surface area (Å²) < 4.78 is 31.7. The second-order valence-corrected chi connectivity index (χ2v) is 2.65. The first-order valence-electron chi connectivity index (χ1n) is 2.61. The van der Waals surface area contributed by atoms with E-state index in [2.05, 4.69) is 9.61 Å². The van der Waals surface area contributed by atoms with Crippen LogP contribution in [-0.2, 0) is 14.6 Å². The molecule has 0 aromatic carbocycles. The van der Waals surface area contributed by atoms with Gasteiger partial charge in [0.2, 0.25) is 0 Å². The Labute approximate surface area is 59.3 Å². The molecule has 10 heavy (non-hydrogen) atoms. The molecule has 0 atom stereocenters. The van der Waals surface area contributed by atoms with Crippen LogP contribution in [0, 0.1) is 0 Å². The van der Waals surface area contributed by atoms with Crippen molar-refractivity contribution in [3.63, 3.8) is 0 Å². The fourth-order valence-corrected chi connectivity index (χ4v) is 0.667. The summed E-state index contributed by atoms with van der Waals surface area (Å²) >= 11 is 0. The van der Waals surface area contributed by atoms with Gasteiger partial charge in [-0.15, -0.1) is 0 Å². The van der Waals surface area contributed by atoms with Gasteiger partial charge < -0.3 is 0 Å². The highest BCUT2D eigenvalue weighted by Gasteiger charge is 2.01. The summed E-state index contributed by atoms with van der Waals surface area (Å²) in [4.78, 5) is 0. The largest absolute Gasteiger partial charge is 0.397 e. The SMILES string of the molecule is NNCCCOS(=O)(=O)O. The van der Waals surface area contributed by atoms with Crippen molar-refractivity contribution in [2.75, 3.05) is 13.2 Å². The molecule has 0 unspecified atom stereocenters. The van der Waals surface area contributed by atoms with Gasteiger partial charge in [0.05, 0.1) is 6.61 Å². The summed E-state index contributed by atoms with van der Waals surface area (Å²) in [5.41, 5.74) is 2.30. The monoisotopic (exact) mass is 170 g/mol. The van der Waals surface area contributed by atoms with Gasteiger partial charge in [0, 0.05) is 6.54 Å². The Morgan fingerprint density at radius 2 is 2.20 bits per heavy atom. The lowest BCUT2D eigenvalue weighted by Crippen LogP contribution is -2.24. The average molecular weight is 170 g/mol. The van der Waals surface area contributed by atoms with Gasteiger partial charge in [0.15, 0.2) is 0 Å². The number of rotatable bonds is 5. The molecule has 4 N–H and O–H groups in total. The van der Waals surface area contributed by atoms with Gasteiger partial charge in [-0.2, -0.15) is 8.42 Å². The number of nitrogens with two attached hydrogens (primary N) is 1. The van der Waals surface area contributed by atoms with Crippen molar-refractivity contribution in [1.82, 2.24) is 5.43 Å². The molecule has 62 valence electrons. The van der Waals surface area contributed by atoms with Gasteiger partial charge in [-0.1, -0.05) is 0 Å². The predicted molar refractivity (Wildman–Crippen MR) is 34.3 cm³/mol. The van der Waals surface area contributed by atoms with Crippen LogP contribution in [0.15, 0.2) is 0 Å². The van der Waals surface area contributed by atoms with Crippen LogP contribution < -0.4 is 11.3 Å². The zero-order chi connectivity index (χ0) is 8.04. The summed E-state index contributed by atoms with van der Waals surface area (Å²) in [6.07, 6.45) is 0.427. The molecule has 0 saturated carbocycles. The normalized spacial score (nSPS) is 11.8. The molecule has 0 aromatic rings. The Balaban J connectivity index is 3.21. The molecule has 0 radical (unpaired) electrons. The standard InChI is InChI=1S/C3H10N2O4S/c4-5-2-1-3-9-10(6,7)8/h5H,1-4H2,(H,6,7,8). The minimum Gasteiger partial charge on any atom is -0.271 e. The summed E-state index contributed by atoms with van der Waals surface area (Å²) in [5.74, 6) is 4.86. The molecule has 0 aliphatic heterocycles. The van der Waals surface area contributed by atoms with E-state index in [-0.39, 0.29) is 6.61 Å². The molecule has 0 aliphatic rings. The van der Waals surface area contributed by atoms with Crippen LogP contribution in [-0.4, -0.2) is 26.1 Å². The zero-order valence-corrected chi connectivity index (χ0v) is 6.10. The third kappa shape index (κ3) is 7.79. The number of hydrogen-bond acceptors (Lipinski definition) is 5. The van der Waals surface area contributed by atoms with Crippen LogP contribution >= 0.6 is 0 Å². The van der Waals surface area contributed by atoms with Gasteiger partial charge in [-0.3, -0.25) is 15.8 Å². The quantitative estimate of drug-likeness (QED) is 0.204. The summed E-state index contributed by atoms with van der Waals surface area (Å²) in [7, 11) is -4.27. The van der Waals surface area contributed by atoms with E-state index in [4.69, 9.17) is 10.4 Å². The summed E-state index contributed by atoms with van der Waals surface area (Å²) in [5, 5.41) is 0. The molecule has 0 amide bonds. The maximum Gasteiger partial charge on any atom is 0.397 e. The van der Waals surface area contributed by atoms with E-state index in [1.54, 1.807) is 0 Å². The van der Waals surface area contributed by atoms with Crippen molar-refractivity contribution >= 4 is 10.4 Å². The summed E-state index contributed by atoms with van der Waals surface area (Å²) in [6, 6.07) is 0. The van der Waals surface area contributed by atoms with Crippen LogP contribution in [0.4, 0.5) is 0 Å². The maximum atomic E-state index is 9.88. The highest BCUT2D eigenvalue weighted by Crippen LogP contribution is 1.87. The second-order valence-electron chi connectivity index (χ2n) is 1.56. The van der Waals surface area contributed by atoms with Crippen molar-refractivity contribution in [3.8, 4) is 0 Å². The van der Waals surface area contributed by atoms with Gasteiger partial charge in [-0.05, 0) is 6.42 Å². The Morgan fingerprint density at radius 1 is 1.60 bits per heavy atom. The van der Waals surface area contributed by atoms with E-state index >= 15 is 0 Å². The number of nitrogens with one attached hydrogen (secondary N) is 1. The van der Waals surface area contributed by atoms with Crippen molar-refractivity contribution in [3.05, 3.63) is 0 Å². The Bertz CT molecular complexity index is 165. The maximum absolute atomic E-state index is 9.88. The molecule has 0 heterocycles. The topological polar surface area (TPSA) is 102 Å². The molecule has 0 rings (SSSR count). The number of hydrogen-bond donors (Lipinski definition) is 3. The average Bonchev–Trinajstić information content (AvgIpc) is 1.78. The third-order valence-corrected chi connectivity index (χ3v) is 1.16. The van der Waals surface area contributed by atoms with E-state index < -0.39 is 10.4 Å². The lowest BCUT2D eigenvalue weighted by Gasteiger charge is -1.97. The lowest BCUT2D eigenvalue weighted by molar-refractivity contribution is 0.264. The predicted octanol–water partition coefficient (Wildman–Crippen LogP) is -1.34. The molecular weight excluding hydrogens is 160 g/mol. The van der Waals surface area contributed by atoms with Crippen LogP contribution in [0.25, 0.3) is 0 Å². The van der Waals surface area contributed by atoms with Gasteiger partial charge in [-0.25, -0.2) is 4.18 Å². The third-order valence-electron chi connectivity index (χ3n) is 0.698. The minimum atomic E-state index is -4.27.